The first kappa shape index (κ1) is 11.2. The Balaban J connectivity index is 1.88. The molecule has 5 nitrogen and oxygen atoms in total. The average molecular weight is 246 g/mol. The van der Waals surface area contributed by atoms with Crippen molar-refractivity contribution in [1.29, 1.82) is 0 Å². The van der Waals surface area contributed by atoms with Crippen LogP contribution in [0.2, 0.25) is 0 Å². The molecular weight excluding hydrogens is 232 g/mol. The number of nitrogens with one attached hydrogen (secondary N) is 1. The van der Waals surface area contributed by atoms with E-state index in [1.54, 1.807) is 6.07 Å². The highest BCUT2D eigenvalue weighted by Gasteiger charge is 2.38. The molecule has 1 aliphatic carbocycles. The smallest absolute Gasteiger partial charge is 0.244 e. The number of rotatable bonds is 1. The van der Waals surface area contributed by atoms with Crippen molar-refractivity contribution in [1.82, 2.24) is 0 Å². The molecule has 0 spiro atoms. The molecule has 1 fully saturated rings. The van der Waals surface area contributed by atoms with Crippen LogP contribution in [0.4, 0.5) is 11.4 Å². The Morgan fingerprint density at radius 3 is 2.78 bits per heavy atom. The Morgan fingerprint density at radius 1 is 1.33 bits per heavy atom. The monoisotopic (exact) mass is 246 g/mol. The van der Waals surface area contributed by atoms with Crippen LogP contribution in [-0.2, 0) is 9.59 Å². The molecule has 1 saturated carbocycles. The largest absolute Gasteiger partial charge is 0.393 e. The molecule has 0 bridgehead atoms. The highest BCUT2D eigenvalue weighted by Crippen LogP contribution is 2.34. The van der Waals surface area contributed by atoms with E-state index in [-0.39, 0.29) is 30.4 Å². The molecule has 5 heteroatoms. The van der Waals surface area contributed by atoms with Crippen LogP contribution in [0.5, 0.6) is 0 Å². The third-order valence-corrected chi connectivity index (χ3v) is 3.50. The number of nitrogens with zero attached hydrogens (tertiary/aromatic N) is 1. The highest BCUT2D eigenvalue weighted by molar-refractivity contribution is 6.10. The third kappa shape index (κ3) is 1.76. The maximum absolute atomic E-state index is 12.3. The Kier molecular flexibility index (Phi) is 2.56. The van der Waals surface area contributed by atoms with Gasteiger partial charge in [0.1, 0.15) is 6.54 Å². The molecule has 0 aromatic heterocycles. The van der Waals surface area contributed by atoms with Gasteiger partial charge in [0.2, 0.25) is 11.8 Å². The molecule has 2 amide bonds. The third-order valence-electron chi connectivity index (χ3n) is 3.50. The van der Waals surface area contributed by atoms with Gasteiger partial charge in [-0.15, -0.1) is 0 Å². The fraction of sp³-hybridized carbons (Fsp3) is 0.385. The molecule has 1 aliphatic heterocycles. The van der Waals surface area contributed by atoms with E-state index in [9.17, 15) is 14.7 Å². The van der Waals surface area contributed by atoms with Gasteiger partial charge in [0.05, 0.1) is 17.5 Å². The molecule has 0 atom stereocenters. The van der Waals surface area contributed by atoms with E-state index < -0.39 is 0 Å². The van der Waals surface area contributed by atoms with Crippen LogP contribution in [-0.4, -0.2) is 29.6 Å². The summed E-state index contributed by atoms with van der Waals surface area (Å²) in [6.45, 7) is 0.0580. The molecule has 1 aromatic carbocycles. The van der Waals surface area contributed by atoms with Gasteiger partial charge in [-0.05, 0) is 25.0 Å². The maximum atomic E-state index is 12.3. The second-order valence-electron chi connectivity index (χ2n) is 4.81. The minimum absolute atomic E-state index is 0.0580. The summed E-state index contributed by atoms with van der Waals surface area (Å²) >= 11 is 0. The lowest BCUT2D eigenvalue weighted by Crippen LogP contribution is -2.48. The van der Waals surface area contributed by atoms with Gasteiger partial charge in [0.25, 0.3) is 0 Å². The van der Waals surface area contributed by atoms with E-state index in [1.807, 2.05) is 18.2 Å². The summed E-state index contributed by atoms with van der Waals surface area (Å²) in [5.74, 6) is -0.400. The summed E-state index contributed by atoms with van der Waals surface area (Å²) in [5, 5.41) is 12.0. The zero-order valence-corrected chi connectivity index (χ0v) is 9.80. The Hall–Kier alpha value is -1.88. The molecule has 0 saturated heterocycles. The van der Waals surface area contributed by atoms with Gasteiger partial charge in [-0.25, -0.2) is 0 Å². The van der Waals surface area contributed by atoms with Crippen LogP contribution in [0, 0.1) is 5.92 Å². The normalized spacial score (nSPS) is 26.1. The quantitative estimate of drug-likeness (QED) is 0.768. The van der Waals surface area contributed by atoms with E-state index in [1.165, 1.54) is 4.90 Å². The van der Waals surface area contributed by atoms with Crippen molar-refractivity contribution in [3.8, 4) is 0 Å². The fourth-order valence-corrected chi connectivity index (χ4v) is 2.44. The molecule has 1 heterocycles. The molecule has 0 unspecified atom stereocenters. The second-order valence-corrected chi connectivity index (χ2v) is 4.81. The summed E-state index contributed by atoms with van der Waals surface area (Å²) in [7, 11) is 0. The van der Waals surface area contributed by atoms with Crippen molar-refractivity contribution in [2.75, 3.05) is 16.8 Å². The minimum Gasteiger partial charge on any atom is -0.393 e. The molecule has 94 valence electrons. The number of hydrogen-bond donors (Lipinski definition) is 2. The van der Waals surface area contributed by atoms with Crippen LogP contribution < -0.4 is 10.2 Å². The van der Waals surface area contributed by atoms with Gasteiger partial charge in [0.15, 0.2) is 0 Å². The van der Waals surface area contributed by atoms with Gasteiger partial charge in [-0.3, -0.25) is 9.59 Å². The number of aliphatic hydroxyl groups excluding tert-OH is 1. The van der Waals surface area contributed by atoms with Gasteiger partial charge in [0, 0.05) is 5.92 Å². The topological polar surface area (TPSA) is 69.6 Å². The van der Waals surface area contributed by atoms with Crippen molar-refractivity contribution in [3.63, 3.8) is 0 Å². The minimum atomic E-state index is -0.368. The number of hydrogen-bond acceptors (Lipinski definition) is 3. The summed E-state index contributed by atoms with van der Waals surface area (Å²) in [4.78, 5) is 25.4. The highest BCUT2D eigenvalue weighted by atomic mass is 16.3. The van der Waals surface area contributed by atoms with Crippen molar-refractivity contribution < 1.29 is 14.7 Å². The van der Waals surface area contributed by atoms with Crippen molar-refractivity contribution in [3.05, 3.63) is 24.3 Å². The molecule has 0 radical (unpaired) electrons. The molecule has 2 aliphatic rings. The van der Waals surface area contributed by atoms with E-state index >= 15 is 0 Å². The predicted octanol–water partition coefficient (Wildman–Crippen LogP) is 0.743. The maximum Gasteiger partial charge on any atom is 0.244 e. The van der Waals surface area contributed by atoms with Crippen LogP contribution in [0.1, 0.15) is 12.8 Å². The predicted molar refractivity (Wildman–Crippen MR) is 66.2 cm³/mol. The van der Waals surface area contributed by atoms with Crippen LogP contribution in [0.3, 0.4) is 0 Å². The number of aliphatic hydroxyl groups is 1. The van der Waals surface area contributed by atoms with Gasteiger partial charge in [-0.1, -0.05) is 12.1 Å². The van der Waals surface area contributed by atoms with E-state index in [4.69, 9.17) is 0 Å². The number of carbonyl (C=O) groups excluding carboxylic acids is 2. The average Bonchev–Trinajstić information content (AvgIpc) is 2.33. The number of fused-ring (bicyclic) bond motifs is 1. The van der Waals surface area contributed by atoms with E-state index in [2.05, 4.69) is 5.32 Å². The second kappa shape index (κ2) is 4.10. The van der Waals surface area contributed by atoms with Gasteiger partial charge >= 0.3 is 0 Å². The molecular formula is C13H14N2O3. The Labute approximate surface area is 104 Å². The van der Waals surface area contributed by atoms with Gasteiger partial charge in [-0.2, -0.15) is 0 Å². The molecule has 3 rings (SSSR count). The standard InChI is InChI=1S/C13H14N2O3/c16-9-5-8(6-9)13(18)15-7-12(17)14-10-3-1-2-4-11(10)15/h1-4,8-9,16H,5-7H2,(H,14,17). The van der Waals surface area contributed by atoms with Crippen molar-refractivity contribution in [2.24, 2.45) is 5.92 Å². The molecule has 1 aromatic rings. The zero-order chi connectivity index (χ0) is 12.7. The summed E-state index contributed by atoms with van der Waals surface area (Å²) in [6.07, 6.45) is 0.630. The Bertz CT molecular complexity index is 509. The van der Waals surface area contributed by atoms with Gasteiger partial charge < -0.3 is 15.3 Å². The number of benzene rings is 1. The van der Waals surface area contributed by atoms with Crippen LogP contribution in [0.25, 0.3) is 0 Å². The SMILES string of the molecule is O=C1CN(C(=O)C2CC(O)C2)c2ccccc2N1. The summed E-state index contributed by atoms with van der Waals surface area (Å²) < 4.78 is 0. The zero-order valence-electron chi connectivity index (χ0n) is 9.80. The first-order valence-electron chi connectivity index (χ1n) is 6.03. The first-order valence-corrected chi connectivity index (χ1v) is 6.03. The number of carbonyl (C=O) groups is 2. The van der Waals surface area contributed by atoms with E-state index in [0.717, 1.165) is 5.69 Å². The lowest BCUT2D eigenvalue weighted by atomic mass is 9.81. The van der Waals surface area contributed by atoms with E-state index in [0.29, 0.717) is 18.5 Å². The number of para-hydroxylation sites is 2. The molecule has 18 heavy (non-hydrogen) atoms. The number of anilines is 2. The van der Waals surface area contributed by atoms with Crippen molar-refractivity contribution in [2.45, 2.75) is 18.9 Å². The lowest BCUT2D eigenvalue weighted by Gasteiger charge is -2.36. The lowest BCUT2D eigenvalue weighted by molar-refractivity contribution is -0.130. The molecule has 2 N–H and O–H groups in total. The Morgan fingerprint density at radius 2 is 2.06 bits per heavy atom. The summed E-state index contributed by atoms with van der Waals surface area (Å²) in [6, 6.07) is 7.26. The summed E-state index contributed by atoms with van der Waals surface area (Å²) in [5.41, 5.74) is 1.41. The van der Waals surface area contributed by atoms with Crippen molar-refractivity contribution >= 4 is 23.2 Å². The fourth-order valence-electron chi connectivity index (χ4n) is 2.44. The first-order chi connectivity index (χ1) is 8.65. The van der Waals surface area contributed by atoms with Crippen LogP contribution >= 0.6 is 0 Å². The van der Waals surface area contributed by atoms with Crippen LogP contribution in [0.15, 0.2) is 24.3 Å². The number of amides is 2.